The van der Waals surface area contributed by atoms with Crippen LogP contribution in [0.25, 0.3) is 0 Å². The number of hydrogen-bond acceptors (Lipinski definition) is 5. The Bertz CT molecular complexity index is 651. The first-order valence-corrected chi connectivity index (χ1v) is 8.10. The number of benzene rings is 1. The Kier molecular flexibility index (Phi) is 5.11. The molecule has 0 spiro atoms. The van der Waals surface area contributed by atoms with Gasteiger partial charge in [0, 0.05) is 19.6 Å². The van der Waals surface area contributed by atoms with Crippen LogP contribution in [0.2, 0.25) is 0 Å². The van der Waals surface area contributed by atoms with Gasteiger partial charge in [0.05, 0.1) is 18.1 Å². The van der Waals surface area contributed by atoms with Gasteiger partial charge in [0.1, 0.15) is 0 Å². The van der Waals surface area contributed by atoms with Crippen molar-refractivity contribution in [2.75, 3.05) is 26.3 Å². The predicted octanol–water partition coefficient (Wildman–Crippen LogP) is -1.19. The van der Waals surface area contributed by atoms with Gasteiger partial charge in [-0.15, -0.1) is 0 Å². The van der Waals surface area contributed by atoms with Crippen LogP contribution >= 0.6 is 0 Å². The fourth-order valence-corrected chi connectivity index (χ4v) is 3.39. The second-order valence-corrected chi connectivity index (χ2v) is 6.65. The van der Waals surface area contributed by atoms with E-state index in [1.807, 2.05) is 0 Å². The molecule has 8 nitrogen and oxygen atoms in total. The van der Waals surface area contributed by atoms with Crippen LogP contribution in [-0.4, -0.2) is 50.8 Å². The van der Waals surface area contributed by atoms with Gasteiger partial charge in [0.2, 0.25) is 10.0 Å². The van der Waals surface area contributed by atoms with E-state index in [1.165, 1.54) is 16.4 Å². The lowest BCUT2D eigenvalue weighted by atomic mass is 10.2. The largest absolute Gasteiger partial charge is 0.379 e. The molecule has 1 fully saturated rings. The molecular weight excluding hydrogens is 310 g/mol. The Morgan fingerprint density at radius 2 is 1.77 bits per heavy atom. The van der Waals surface area contributed by atoms with Crippen LogP contribution in [0.5, 0.6) is 0 Å². The number of carbonyl (C=O) groups excluding carboxylic acids is 2. The summed E-state index contributed by atoms with van der Waals surface area (Å²) in [4.78, 5) is 21.8. The lowest BCUT2D eigenvalue weighted by molar-refractivity contribution is -0.137. The average molecular weight is 327 g/mol. The van der Waals surface area contributed by atoms with Gasteiger partial charge in [0.25, 0.3) is 0 Å². The fraction of sp³-hybridized carbons (Fsp3) is 0.385. The molecule has 0 bridgehead atoms. The van der Waals surface area contributed by atoms with Gasteiger partial charge < -0.3 is 15.8 Å². The van der Waals surface area contributed by atoms with Crippen LogP contribution in [0.4, 0.5) is 0 Å². The van der Waals surface area contributed by atoms with Crippen LogP contribution in [0, 0.1) is 0 Å². The highest BCUT2D eigenvalue weighted by Gasteiger charge is 2.26. The minimum Gasteiger partial charge on any atom is -0.379 e. The number of primary amides is 1. The molecule has 0 aromatic heterocycles. The minimum absolute atomic E-state index is 0.0969. The smallest absolute Gasteiger partial charge is 0.309 e. The van der Waals surface area contributed by atoms with E-state index in [-0.39, 0.29) is 11.4 Å². The van der Waals surface area contributed by atoms with E-state index in [9.17, 15) is 18.0 Å². The molecule has 1 heterocycles. The van der Waals surface area contributed by atoms with Gasteiger partial charge in [-0.1, -0.05) is 12.1 Å². The van der Waals surface area contributed by atoms with E-state index < -0.39 is 21.8 Å². The Morgan fingerprint density at radius 3 is 2.32 bits per heavy atom. The number of sulfonamides is 1. The Labute approximate surface area is 128 Å². The molecule has 0 atom stereocenters. The summed E-state index contributed by atoms with van der Waals surface area (Å²) in [7, 11) is -3.53. The maximum absolute atomic E-state index is 12.4. The number of amides is 2. The molecular formula is C13H17N3O5S. The number of nitrogens with two attached hydrogens (primary N) is 1. The maximum Gasteiger partial charge on any atom is 0.309 e. The summed E-state index contributed by atoms with van der Waals surface area (Å²) in [6.07, 6.45) is 0. The van der Waals surface area contributed by atoms with Gasteiger partial charge in [-0.25, -0.2) is 8.42 Å². The molecule has 0 aliphatic carbocycles. The summed E-state index contributed by atoms with van der Waals surface area (Å²) in [6, 6.07) is 6.09. The van der Waals surface area contributed by atoms with Crippen LogP contribution in [0.15, 0.2) is 29.2 Å². The molecule has 1 aliphatic rings. The van der Waals surface area contributed by atoms with E-state index in [2.05, 4.69) is 5.32 Å². The van der Waals surface area contributed by atoms with Crippen molar-refractivity contribution in [1.29, 1.82) is 0 Å². The Hall–Kier alpha value is -1.97. The zero-order valence-corrected chi connectivity index (χ0v) is 12.6. The normalized spacial score (nSPS) is 16.2. The van der Waals surface area contributed by atoms with Crippen molar-refractivity contribution in [2.24, 2.45) is 5.73 Å². The lowest BCUT2D eigenvalue weighted by Gasteiger charge is -2.26. The molecule has 22 heavy (non-hydrogen) atoms. The van der Waals surface area contributed by atoms with E-state index in [1.54, 1.807) is 12.1 Å². The summed E-state index contributed by atoms with van der Waals surface area (Å²) in [5.74, 6) is -1.95. The van der Waals surface area contributed by atoms with E-state index in [4.69, 9.17) is 10.5 Å². The van der Waals surface area contributed by atoms with Gasteiger partial charge in [-0.2, -0.15) is 4.31 Å². The molecule has 1 aromatic rings. The average Bonchev–Trinajstić information content (AvgIpc) is 2.53. The van der Waals surface area contributed by atoms with E-state index in [0.717, 1.165) is 0 Å². The molecule has 0 saturated carbocycles. The Morgan fingerprint density at radius 1 is 1.18 bits per heavy atom. The molecule has 2 rings (SSSR count). The maximum atomic E-state index is 12.4. The van der Waals surface area contributed by atoms with E-state index >= 15 is 0 Å². The minimum atomic E-state index is -3.53. The van der Waals surface area contributed by atoms with Gasteiger partial charge in [-0.3, -0.25) is 9.59 Å². The first-order chi connectivity index (χ1) is 10.4. The second-order valence-electron chi connectivity index (χ2n) is 4.71. The topological polar surface area (TPSA) is 119 Å². The van der Waals surface area contributed by atoms with Crippen molar-refractivity contribution in [2.45, 2.75) is 11.4 Å². The Balaban J connectivity index is 2.04. The van der Waals surface area contributed by atoms with Crippen LogP contribution < -0.4 is 11.1 Å². The zero-order valence-electron chi connectivity index (χ0n) is 11.8. The molecule has 0 unspecified atom stereocenters. The highest BCUT2D eigenvalue weighted by molar-refractivity contribution is 7.89. The van der Waals surface area contributed by atoms with Crippen molar-refractivity contribution < 1.29 is 22.7 Å². The number of hydrogen-bond donors (Lipinski definition) is 2. The first-order valence-electron chi connectivity index (χ1n) is 6.66. The highest BCUT2D eigenvalue weighted by atomic mass is 32.2. The zero-order chi connectivity index (χ0) is 16.2. The molecule has 120 valence electrons. The first kappa shape index (κ1) is 16.4. The summed E-state index contributed by atoms with van der Waals surface area (Å²) >= 11 is 0. The predicted molar refractivity (Wildman–Crippen MR) is 77.1 cm³/mol. The highest BCUT2D eigenvalue weighted by Crippen LogP contribution is 2.17. The third-order valence-corrected chi connectivity index (χ3v) is 5.12. The number of morpholine rings is 1. The molecule has 0 radical (unpaired) electrons. The van der Waals surface area contributed by atoms with Crippen LogP contribution in [-0.2, 0) is 30.9 Å². The molecule has 1 aromatic carbocycles. The van der Waals surface area contributed by atoms with Gasteiger partial charge in [0.15, 0.2) is 0 Å². The summed E-state index contributed by atoms with van der Waals surface area (Å²) in [5, 5.41) is 2.33. The molecule has 1 saturated heterocycles. The molecule has 3 N–H and O–H groups in total. The van der Waals surface area contributed by atoms with Crippen molar-refractivity contribution in [3.63, 3.8) is 0 Å². The lowest BCUT2D eigenvalue weighted by Crippen LogP contribution is -2.40. The monoisotopic (exact) mass is 327 g/mol. The SMILES string of the molecule is NC(=O)C(=O)NCc1ccc(S(=O)(=O)N2CCOCC2)cc1. The van der Waals surface area contributed by atoms with Gasteiger partial charge in [-0.05, 0) is 17.7 Å². The third-order valence-electron chi connectivity index (χ3n) is 3.21. The van der Waals surface area contributed by atoms with Crippen molar-refractivity contribution >= 4 is 21.8 Å². The molecule has 2 amide bonds. The summed E-state index contributed by atoms with van der Waals surface area (Å²) in [5.41, 5.74) is 5.48. The number of rotatable bonds is 4. The summed E-state index contributed by atoms with van der Waals surface area (Å²) < 4.78 is 31.3. The van der Waals surface area contributed by atoms with Gasteiger partial charge >= 0.3 is 11.8 Å². The fourth-order valence-electron chi connectivity index (χ4n) is 1.98. The standard InChI is InChI=1S/C13H17N3O5S/c14-12(17)13(18)15-9-10-1-3-11(4-2-10)22(19,20)16-5-7-21-8-6-16/h1-4H,5-9H2,(H2,14,17)(H,15,18). The van der Waals surface area contributed by atoms with Crippen LogP contribution in [0.3, 0.4) is 0 Å². The number of ether oxygens (including phenoxy) is 1. The van der Waals surface area contributed by atoms with Crippen molar-refractivity contribution in [3.05, 3.63) is 29.8 Å². The number of nitrogens with zero attached hydrogens (tertiary/aromatic N) is 1. The number of nitrogens with one attached hydrogen (secondary N) is 1. The van der Waals surface area contributed by atoms with Crippen molar-refractivity contribution in [3.8, 4) is 0 Å². The van der Waals surface area contributed by atoms with E-state index in [0.29, 0.717) is 31.9 Å². The molecule has 1 aliphatic heterocycles. The third kappa shape index (κ3) is 3.81. The van der Waals surface area contributed by atoms with Crippen LogP contribution in [0.1, 0.15) is 5.56 Å². The number of carbonyl (C=O) groups is 2. The summed E-state index contributed by atoms with van der Waals surface area (Å²) in [6.45, 7) is 1.53. The molecule has 9 heteroatoms. The quantitative estimate of drug-likeness (QED) is 0.674. The second kappa shape index (κ2) is 6.86. The van der Waals surface area contributed by atoms with Crippen molar-refractivity contribution in [1.82, 2.24) is 9.62 Å².